The highest BCUT2D eigenvalue weighted by atomic mass is 35.5. The number of benzene rings is 1. The maximum Gasteiger partial charge on any atom is 0.207 e. The second kappa shape index (κ2) is 5.98. The highest BCUT2D eigenvalue weighted by molar-refractivity contribution is 6.31. The summed E-state index contributed by atoms with van der Waals surface area (Å²) in [4.78, 5) is 4.45. The van der Waals surface area contributed by atoms with Gasteiger partial charge in [-0.15, -0.1) is 0 Å². The average Bonchev–Trinajstić information content (AvgIpc) is 3.13. The number of rotatable bonds is 4. The van der Waals surface area contributed by atoms with Gasteiger partial charge in [0.15, 0.2) is 0 Å². The first kappa shape index (κ1) is 14.3. The van der Waals surface area contributed by atoms with E-state index in [9.17, 15) is 0 Å². The van der Waals surface area contributed by atoms with E-state index in [2.05, 4.69) is 14.9 Å². The van der Waals surface area contributed by atoms with Crippen molar-refractivity contribution in [2.75, 3.05) is 12.4 Å². The Hall–Kier alpha value is -1.68. The number of halogens is 1. The fourth-order valence-corrected chi connectivity index (χ4v) is 3.09. The Morgan fingerprint density at radius 1 is 1.33 bits per heavy atom. The molecule has 0 amide bonds. The summed E-state index contributed by atoms with van der Waals surface area (Å²) in [6.45, 7) is 1.98. The summed E-state index contributed by atoms with van der Waals surface area (Å²) in [6, 6.07) is 4.38. The van der Waals surface area contributed by atoms with Crippen molar-refractivity contribution in [1.29, 1.82) is 0 Å². The molecular formula is C16H20ClN3O. The monoisotopic (exact) mass is 305 g/mol. The molecule has 3 rings (SSSR count). The molecule has 2 aromatic rings. The summed E-state index contributed by atoms with van der Waals surface area (Å²) in [5.74, 6) is 1.59. The summed E-state index contributed by atoms with van der Waals surface area (Å²) >= 11 is 6.15. The molecule has 1 aliphatic carbocycles. The topological polar surface area (TPSA) is 39.1 Å². The van der Waals surface area contributed by atoms with Gasteiger partial charge in [-0.2, -0.15) is 0 Å². The van der Waals surface area contributed by atoms with Gasteiger partial charge in [0.05, 0.1) is 12.8 Å². The molecule has 1 saturated carbocycles. The number of nitrogens with zero attached hydrogens (tertiary/aromatic N) is 2. The van der Waals surface area contributed by atoms with Crippen LogP contribution in [0.25, 0.3) is 0 Å². The van der Waals surface area contributed by atoms with Crippen LogP contribution >= 0.6 is 11.6 Å². The summed E-state index contributed by atoms with van der Waals surface area (Å²) in [7, 11) is 1.65. The van der Waals surface area contributed by atoms with Gasteiger partial charge >= 0.3 is 0 Å². The number of aryl methyl sites for hydroxylation is 1. The van der Waals surface area contributed by atoms with Gasteiger partial charge in [-0.05, 0) is 31.4 Å². The third-order valence-electron chi connectivity index (χ3n) is 4.11. The van der Waals surface area contributed by atoms with Gasteiger partial charge in [0.1, 0.15) is 5.75 Å². The van der Waals surface area contributed by atoms with Crippen molar-refractivity contribution >= 4 is 23.2 Å². The minimum absolute atomic E-state index is 0.550. The van der Waals surface area contributed by atoms with Gasteiger partial charge in [-0.1, -0.05) is 24.4 Å². The predicted octanol–water partition coefficient (Wildman–Crippen LogP) is 4.71. The lowest BCUT2D eigenvalue weighted by molar-refractivity contribution is 0.416. The Morgan fingerprint density at radius 3 is 2.81 bits per heavy atom. The summed E-state index contributed by atoms with van der Waals surface area (Å²) in [5.41, 5.74) is 1.91. The largest absolute Gasteiger partial charge is 0.495 e. The minimum Gasteiger partial charge on any atom is -0.495 e. The van der Waals surface area contributed by atoms with Crippen molar-refractivity contribution in [2.45, 2.75) is 38.6 Å². The first-order valence-corrected chi connectivity index (χ1v) is 7.71. The molecule has 1 N–H and O–H groups in total. The number of hydrogen-bond acceptors (Lipinski definition) is 3. The van der Waals surface area contributed by atoms with E-state index in [0.29, 0.717) is 11.1 Å². The third kappa shape index (κ3) is 2.86. The van der Waals surface area contributed by atoms with Crippen molar-refractivity contribution in [3.63, 3.8) is 0 Å². The van der Waals surface area contributed by atoms with Crippen LogP contribution < -0.4 is 10.1 Å². The lowest BCUT2D eigenvalue weighted by atomic mass is 10.2. The van der Waals surface area contributed by atoms with Gasteiger partial charge in [-0.3, -0.25) is 0 Å². The van der Waals surface area contributed by atoms with Crippen molar-refractivity contribution in [2.24, 2.45) is 0 Å². The molecule has 0 aliphatic heterocycles. The highest BCUT2D eigenvalue weighted by Gasteiger charge is 2.20. The van der Waals surface area contributed by atoms with E-state index in [1.165, 1.54) is 25.7 Å². The summed E-state index contributed by atoms with van der Waals surface area (Å²) < 4.78 is 7.64. The minimum atomic E-state index is 0.550. The lowest BCUT2D eigenvalue weighted by Crippen LogP contribution is -2.08. The summed E-state index contributed by atoms with van der Waals surface area (Å²) in [6.07, 6.45) is 8.93. The first-order valence-electron chi connectivity index (χ1n) is 7.33. The van der Waals surface area contributed by atoms with Crippen LogP contribution in [-0.2, 0) is 0 Å². The lowest BCUT2D eigenvalue weighted by Gasteiger charge is -2.17. The summed E-state index contributed by atoms with van der Waals surface area (Å²) in [5, 5.41) is 4.09. The number of imidazole rings is 1. The van der Waals surface area contributed by atoms with Crippen molar-refractivity contribution in [3.05, 3.63) is 35.1 Å². The Balaban J connectivity index is 1.90. The predicted molar refractivity (Wildman–Crippen MR) is 85.8 cm³/mol. The van der Waals surface area contributed by atoms with Crippen molar-refractivity contribution in [3.8, 4) is 5.75 Å². The third-order valence-corrected chi connectivity index (χ3v) is 4.52. The molecule has 1 heterocycles. The molecule has 1 aromatic carbocycles. The maximum atomic E-state index is 6.15. The van der Waals surface area contributed by atoms with Crippen LogP contribution in [0.4, 0.5) is 11.6 Å². The first-order chi connectivity index (χ1) is 10.2. The fraction of sp³-hybridized carbons (Fsp3) is 0.438. The SMILES string of the molecule is COc1cc(Cl)c(C)cc1Nc1nccn1C1CCCC1. The van der Waals surface area contributed by atoms with Crippen LogP contribution in [0, 0.1) is 6.92 Å². The van der Waals surface area contributed by atoms with Gasteiger partial charge in [0, 0.05) is 29.5 Å². The van der Waals surface area contributed by atoms with Crippen LogP contribution in [-0.4, -0.2) is 16.7 Å². The molecule has 0 bridgehead atoms. The van der Waals surface area contributed by atoms with E-state index in [4.69, 9.17) is 16.3 Å². The van der Waals surface area contributed by atoms with Crippen molar-refractivity contribution in [1.82, 2.24) is 9.55 Å². The fourth-order valence-electron chi connectivity index (χ4n) is 2.94. The average molecular weight is 306 g/mol. The second-order valence-electron chi connectivity index (χ2n) is 5.52. The number of ether oxygens (including phenoxy) is 1. The Kier molecular flexibility index (Phi) is 4.06. The molecular weight excluding hydrogens is 286 g/mol. The standard InChI is InChI=1S/C16H20ClN3O/c1-11-9-14(15(21-2)10-13(11)17)19-16-18-7-8-20(16)12-5-3-4-6-12/h7-10,12H,3-6H2,1-2H3,(H,18,19). The van der Waals surface area contributed by atoms with Crippen molar-refractivity contribution < 1.29 is 4.74 Å². The number of anilines is 2. The molecule has 5 heteroatoms. The molecule has 0 radical (unpaired) electrons. The smallest absolute Gasteiger partial charge is 0.207 e. The van der Waals surface area contributed by atoms with Crippen LogP contribution in [0.5, 0.6) is 5.75 Å². The van der Waals surface area contributed by atoms with Crippen LogP contribution in [0.3, 0.4) is 0 Å². The van der Waals surface area contributed by atoms with E-state index in [0.717, 1.165) is 22.9 Å². The molecule has 4 nitrogen and oxygen atoms in total. The van der Waals surface area contributed by atoms with Gasteiger partial charge in [0.2, 0.25) is 5.95 Å². The van der Waals surface area contributed by atoms with E-state index < -0.39 is 0 Å². The zero-order chi connectivity index (χ0) is 14.8. The number of aromatic nitrogens is 2. The molecule has 1 aliphatic rings. The molecule has 1 aromatic heterocycles. The maximum absolute atomic E-state index is 6.15. The molecule has 112 valence electrons. The number of hydrogen-bond donors (Lipinski definition) is 1. The Bertz CT molecular complexity index is 632. The quantitative estimate of drug-likeness (QED) is 0.889. The molecule has 21 heavy (non-hydrogen) atoms. The zero-order valence-corrected chi connectivity index (χ0v) is 13.2. The van der Waals surface area contributed by atoms with Gasteiger partial charge in [-0.25, -0.2) is 4.98 Å². The van der Waals surface area contributed by atoms with E-state index in [1.807, 2.05) is 31.5 Å². The van der Waals surface area contributed by atoms with Gasteiger partial charge in [0.25, 0.3) is 0 Å². The van der Waals surface area contributed by atoms with Crippen LogP contribution in [0.1, 0.15) is 37.3 Å². The number of methoxy groups -OCH3 is 1. The normalized spacial score (nSPS) is 15.4. The number of nitrogens with one attached hydrogen (secondary N) is 1. The van der Waals surface area contributed by atoms with Gasteiger partial charge < -0.3 is 14.6 Å². The molecule has 0 saturated heterocycles. The Labute approximate surface area is 130 Å². The van der Waals surface area contributed by atoms with Crippen LogP contribution in [0.15, 0.2) is 24.5 Å². The zero-order valence-electron chi connectivity index (χ0n) is 12.4. The molecule has 0 spiro atoms. The molecule has 1 fully saturated rings. The second-order valence-corrected chi connectivity index (χ2v) is 5.93. The van der Waals surface area contributed by atoms with Crippen LogP contribution in [0.2, 0.25) is 5.02 Å². The Morgan fingerprint density at radius 2 is 2.10 bits per heavy atom. The molecule has 0 unspecified atom stereocenters. The molecule has 0 atom stereocenters. The van der Waals surface area contributed by atoms with E-state index >= 15 is 0 Å². The van der Waals surface area contributed by atoms with E-state index in [-0.39, 0.29) is 0 Å². The highest BCUT2D eigenvalue weighted by Crippen LogP contribution is 2.35. The van der Waals surface area contributed by atoms with E-state index in [1.54, 1.807) is 7.11 Å².